The van der Waals surface area contributed by atoms with Crippen molar-refractivity contribution in [3.8, 4) is 0 Å². The van der Waals surface area contributed by atoms with E-state index in [0.717, 1.165) is 12.8 Å². The first-order valence-corrected chi connectivity index (χ1v) is 10.4. The molecule has 4 amide bonds. The van der Waals surface area contributed by atoms with Crippen molar-refractivity contribution in [2.75, 3.05) is 13.1 Å². The van der Waals surface area contributed by atoms with Crippen LogP contribution in [0.1, 0.15) is 53.4 Å². The topological polar surface area (TPSA) is 98.8 Å². The minimum Gasteiger partial charge on any atom is -0.342 e. The van der Waals surface area contributed by atoms with Gasteiger partial charge >= 0.3 is 0 Å². The van der Waals surface area contributed by atoms with Crippen LogP contribution in [0.15, 0.2) is 0 Å². The fourth-order valence-electron chi connectivity index (χ4n) is 4.49. The molecule has 0 spiro atoms. The second-order valence-electron chi connectivity index (χ2n) is 8.84. The van der Waals surface area contributed by atoms with Crippen molar-refractivity contribution in [1.82, 2.24) is 20.4 Å². The number of hydrogen-bond acceptors (Lipinski definition) is 4. The van der Waals surface area contributed by atoms with Crippen LogP contribution in [0.5, 0.6) is 0 Å². The molecule has 156 valence electrons. The molecule has 0 saturated carbocycles. The third kappa shape index (κ3) is 3.73. The molecule has 8 nitrogen and oxygen atoms in total. The highest BCUT2D eigenvalue weighted by Gasteiger charge is 2.44. The number of amides is 4. The van der Waals surface area contributed by atoms with E-state index in [1.165, 1.54) is 0 Å². The maximum atomic E-state index is 13.2. The lowest BCUT2D eigenvalue weighted by Crippen LogP contribution is -2.62. The number of nitrogens with one attached hydrogen (secondary N) is 2. The Bertz CT molecular complexity index is 607. The van der Waals surface area contributed by atoms with Crippen LogP contribution in [0.3, 0.4) is 0 Å². The summed E-state index contributed by atoms with van der Waals surface area (Å²) in [6.07, 6.45) is 2.61. The van der Waals surface area contributed by atoms with Gasteiger partial charge in [-0.1, -0.05) is 27.7 Å². The summed E-state index contributed by atoms with van der Waals surface area (Å²) in [5.41, 5.74) is 0. The van der Waals surface area contributed by atoms with Gasteiger partial charge < -0.3 is 20.4 Å². The first kappa shape index (κ1) is 20.6. The van der Waals surface area contributed by atoms with E-state index in [9.17, 15) is 19.2 Å². The van der Waals surface area contributed by atoms with Crippen LogP contribution < -0.4 is 10.6 Å². The Morgan fingerprint density at radius 2 is 1.07 bits per heavy atom. The average molecular weight is 393 g/mol. The number of carbonyl (C=O) groups excluding carboxylic acids is 4. The Morgan fingerprint density at radius 1 is 0.714 bits per heavy atom. The van der Waals surface area contributed by atoms with Crippen LogP contribution in [-0.4, -0.2) is 70.7 Å². The van der Waals surface area contributed by atoms with E-state index in [-0.39, 0.29) is 35.5 Å². The van der Waals surface area contributed by atoms with Crippen molar-refractivity contribution in [3.63, 3.8) is 0 Å². The highest BCUT2D eigenvalue weighted by molar-refractivity contribution is 5.98. The van der Waals surface area contributed by atoms with E-state index >= 15 is 0 Å². The quantitative estimate of drug-likeness (QED) is 0.704. The number of rotatable bonds is 2. The lowest BCUT2D eigenvalue weighted by Gasteiger charge is -2.36. The molecule has 3 aliphatic heterocycles. The zero-order valence-electron chi connectivity index (χ0n) is 17.2. The standard InChI is InChI=1S/C20H32N4O4/c1-11(2)15-19(27)23-9-5-8-14(23)18(26)22-16(12(3)4)20(28)24-10-6-7-13(24)17(25)21-15/h11-16H,5-10H2,1-4H3,(H,21,25)(H,22,26). The predicted molar refractivity (Wildman–Crippen MR) is 103 cm³/mol. The first-order chi connectivity index (χ1) is 13.2. The molecule has 0 bridgehead atoms. The average Bonchev–Trinajstić information content (AvgIpc) is 3.30. The zero-order valence-corrected chi connectivity index (χ0v) is 17.2. The van der Waals surface area contributed by atoms with E-state index in [4.69, 9.17) is 0 Å². The Kier molecular flexibility index (Phi) is 5.95. The van der Waals surface area contributed by atoms with Crippen molar-refractivity contribution in [2.24, 2.45) is 11.8 Å². The molecule has 3 heterocycles. The van der Waals surface area contributed by atoms with Gasteiger partial charge in [-0.3, -0.25) is 19.2 Å². The summed E-state index contributed by atoms with van der Waals surface area (Å²) in [5.74, 6) is -1.20. The molecule has 3 rings (SSSR count). The van der Waals surface area contributed by atoms with Crippen LogP contribution >= 0.6 is 0 Å². The van der Waals surface area contributed by atoms with E-state index in [0.29, 0.717) is 25.9 Å². The minimum atomic E-state index is -0.696. The molecule has 8 heteroatoms. The van der Waals surface area contributed by atoms with E-state index in [2.05, 4.69) is 10.6 Å². The third-order valence-corrected chi connectivity index (χ3v) is 6.14. The normalized spacial score (nSPS) is 32.1. The van der Waals surface area contributed by atoms with Gasteiger partial charge in [0, 0.05) is 13.1 Å². The Balaban J connectivity index is 1.99. The van der Waals surface area contributed by atoms with Gasteiger partial charge in [-0.05, 0) is 37.5 Å². The largest absolute Gasteiger partial charge is 0.342 e. The summed E-state index contributed by atoms with van der Waals surface area (Å²) >= 11 is 0. The van der Waals surface area contributed by atoms with Gasteiger partial charge in [-0.25, -0.2) is 0 Å². The summed E-state index contributed by atoms with van der Waals surface area (Å²) < 4.78 is 0. The summed E-state index contributed by atoms with van der Waals surface area (Å²) in [4.78, 5) is 55.5. The molecule has 2 N–H and O–H groups in total. The molecule has 0 aromatic heterocycles. The van der Waals surface area contributed by atoms with Crippen LogP contribution in [-0.2, 0) is 19.2 Å². The molecule has 0 aliphatic carbocycles. The maximum Gasteiger partial charge on any atom is 0.246 e. The molecule has 0 radical (unpaired) electrons. The molecule has 3 aliphatic rings. The predicted octanol–water partition coefficient (Wildman–Crippen LogP) is 0.264. The number of carbonyl (C=O) groups is 4. The maximum absolute atomic E-state index is 13.2. The molecular formula is C20H32N4O4. The smallest absolute Gasteiger partial charge is 0.246 e. The number of hydrogen-bond donors (Lipinski definition) is 2. The van der Waals surface area contributed by atoms with Gasteiger partial charge in [0.1, 0.15) is 24.2 Å². The van der Waals surface area contributed by atoms with Crippen LogP contribution in [0.4, 0.5) is 0 Å². The molecule has 4 atom stereocenters. The molecule has 28 heavy (non-hydrogen) atoms. The summed E-state index contributed by atoms with van der Waals surface area (Å²) in [7, 11) is 0. The van der Waals surface area contributed by atoms with E-state index in [1.54, 1.807) is 9.80 Å². The third-order valence-electron chi connectivity index (χ3n) is 6.14. The SMILES string of the molecule is CC(C)C1NC(=O)C2CCCN2C(=O)C(C(C)C)NC(=O)C2CCCN2C1=O. The number of fused-ring (bicyclic) bond motifs is 2. The van der Waals surface area contributed by atoms with Crippen molar-refractivity contribution in [3.05, 3.63) is 0 Å². The van der Waals surface area contributed by atoms with Gasteiger partial charge in [0.25, 0.3) is 0 Å². The van der Waals surface area contributed by atoms with Crippen LogP contribution in [0.2, 0.25) is 0 Å². The fourth-order valence-corrected chi connectivity index (χ4v) is 4.49. The van der Waals surface area contributed by atoms with E-state index < -0.39 is 24.2 Å². The highest BCUT2D eigenvalue weighted by Crippen LogP contribution is 2.25. The number of nitrogens with zero attached hydrogens (tertiary/aromatic N) is 2. The van der Waals surface area contributed by atoms with Gasteiger partial charge in [-0.2, -0.15) is 0 Å². The molecular weight excluding hydrogens is 360 g/mol. The summed E-state index contributed by atoms with van der Waals surface area (Å²) in [6.45, 7) is 8.51. The molecule has 0 aromatic carbocycles. The lowest BCUT2D eigenvalue weighted by molar-refractivity contribution is -0.148. The molecule has 4 unspecified atom stereocenters. The molecule has 0 aromatic rings. The van der Waals surface area contributed by atoms with Crippen molar-refractivity contribution in [2.45, 2.75) is 77.5 Å². The van der Waals surface area contributed by atoms with Crippen LogP contribution in [0.25, 0.3) is 0 Å². The molecule has 3 saturated heterocycles. The Hall–Kier alpha value is -2.12. The minimum absolute atomic E-state index is 0.113. The van der Waals surface area contributed by atoms with Gasteiger partial charge in [0.2, 0.25) is 23.6 Å². The molecule has 3 fully saturated rings. The van der Waals surface area contributed by atoms with Gasteiger partial charge in [-0.15, -0.1) is 0 Å². The van der Waals surface area contributed by atoms with Crippen molar-refractivity contribution >= 4 is 23.6 Å². The second-order valence-corrected chi connectivity index (χ2v) is 8.84. The Morgan fingerprint density at radius 3 is 1.39 bits per heavy atom. The Labute approximate surface area is 166 Å². The fraction of sp³-hybridized carbons (Fsp3) is 0.800. The zero-order chi connectivity index (χ0) is 20.6. The summed E-state index contributed by atoms with van der Waals surface area (Å²) in [5, 5.41) is 5.78. The van der Waals surface area contributed by atoms with Crippen molar-refractivity contribution in [1.29, 1.82) is 0 Å². The summed E-state index contributed by atoms with van der Waals surface area (Å²) in [6, 6.07) is -2.57. The second kappa shape index (κ2) is 8.09. The van der Waals surface area contributed by atoms with Crippen LogP contribution in [0, 0.1) is 11.8 Å². The van der Waals surface area contributed by atoms with Gasteiger partial charge in [0.05, 0.1) is 0 Å². The van der Waals surface area contributed by atoms with Crippen molar-refractivity contribution < 1.29 is 19.2 Å². The monoisotopic (exact) mass is 392 g/mol. The highest BCUT2D eigenvalue weighted by atomic mass is 16.2. The lowest BCUT2D eigenvalue weighted by atomic mass is 9.99. The first-order valence-electron chi connectivity index (χ1n) is 10.4. The van der Waals surface area contributed by atoms with E-state index in [1.807, 2.05) is 27.7 Å². The van der Waals surface area contributed by atoms with Gasteiger partial charge in [0.15, 0.2) is 0 Å².